The Bertz CT molecular complexity index is 818. The van der Waals surface area contributed by atoms with Crippen molar-refractivity contribution in [2.45, 2.75) is 26.4 Å². The summed E-state index contributed by atoms with van der Waals surface area (Å²) >= 11 is 4.76. The largest absolute Gasteiger partial charge is 0.444 e. The van der Waals surface area contributed by atoms with Crippen molar-refractivity contribution < 1.29 is 9.53 Å². The molecule has 130 valence electrons. The molecular formula is C15H19BrN4O3S. The fourth-order valence-electron chi connectivity index (χ4n) is 2.50. The van der Waals surface area contributed by atoms with Crippen LogP contribution in [-0.2, 0) is 4.74 Å². The van der Waals surface area contributed by atoms with Crippen molar-refractivity contribution in [3.63, 3.8) is 0 Å². The quantitative estimate of drug-likeness (QED) is 0.716. The summed E-state index contributed by atoms with van der Waals surface area (Å²) in [4.78, 5) is 30.7. The molecule has 2 aromatic heterocycles. The molecule has 3 rings (SSSR count). The molecule has 1 saturated heterocycles. The molecule has 7 nitrogen and oxygen atoms in total. The first-order chi connectivity index (χ1) is 11.2. The normalized spacial score (nSPS) is 15.8. The number of fused-ring (bicyclic) bond motifs is 1. The molecule has 9 heteroatoms. The number of aromatic nitrogens is 2. The highest BCUT2D eigenvalue weighted by molar-refractivity contribution is 9.11. The number of hydrogen-bond donors (Lipinski definition) is 0. The Balaban J connectivity index is 1.72. The predicted molar refractivity (Wildman–Crippen MR) is 97.3 cm³/mol. The minimum atomic E-state index is -0.507. The third-order valence-electron chi connectivity index (χ3n) is 3.60. The average Bonchev–Trinajstić information content (AvgIpc) is 2.88. The molecule has 0 saturated carbocycles. The number of hydrogen-bond acceptors (Lipinski definition) is 6. The first-order valence-corrected chi connectivity index (χ1v) is 9.25. The van der Waals surface area contributed by atoms with E-state index < -0.39 is 5.60 Å². The van der Waals surface area contributed by atoms with E-state index in [1.807, 2.05) is 31.8 Å². The van der Waals surface area contributed by atoms with Gasteiger partial charge in [-0.25, -0.2) is 14.5 Å². The average molecular weight is 415 g/mol. The van der Waals surface area contributed by atoms with Crippen molar-refractivity contribution in [3.05, 3.63) is 26.5 Å². The van der Waals surface area contributed by atoms with Gasteiger partial charge in [0.25, 0.3) is 5.56 Å². The smallest absolute Gasteiger partial charge is 0.410 e. The molecule has 0 atom stereocenters. The van der Waals surface area contributed by atoms with E-state index in [9.17, 15) is 9.59 Å². The van der Waals surface area contributed by atoms with Crippen molar-refractivity contribution in [2.75, 3.05) is 31.2 Å². The Morgan fingerprint density at radius 2 is 1.96 bits per heavy atom. The van der Waals surface area contributed by atoms with Gasteiger partial charge in [-0.05, 0) is 42.8 Å². The van der Waals surface area contributed by atoms with Crippen LogP contribution in [-0.4, -0.2) is 52.4 Å². The summed E-state index contributed by atoms with van der Waals surface area (Å²) in [5, 5.41) is 1.91. The van der Waals surface area contributed by atoms with E-state index in [1.165, 1.54) is 16.0 Å². The highest BCUT2D eigenvalue weighted by Gasteiger charge is 2.26. The minimum Gasteiger partial charge on any atom is -0.444 e. The molecular weight excluding hydrogens is 396 g/mol. The summed E-state index contributed by atoms with van der Waals surface area (Å²) in [6, 6.07) is 1.84. The Morgan fingerprint density at radius 1 is 1.29 bits per heavy atom. The lowest BCUT2D eigenvalue weighted by Gasteiger charge is -2.36. The van der Waals surface area contributed by atoms with Crippen molar-refractivity contribution in [3.8, 4) is 0 Å². The molecule has 1 amide bonds. The van der Waals surface area contributed by atoms with Gasteiger partial charge in [0.2, 0.25) is 0 Å². The lowest BCUT2D eigenvalue weighted by molar-refractivity contribution is 0.0232. The number of piperazine rings is 1. The maximum atomic E-state index is 12.6. The van der Waals surface area contributed by atoms with E-state index in [-0.39, 0.29) is 11.7 Å². The number of nitrogens with zero attached hydrogens (tertiary/aromatic N) is 4. The molecule has 0 radical (unpaired) electrons. The molecule has 0 bridgehead atoms. The maximum absolute atomic E-state index is 12.6. The van der Waals surface area contributed by atoms with Gasteiger partial charge in [0.1, 0.15) is 16.6 Å². The number of thiophene rings is 1. The van der Waals surface area contributed by atoms with Gasteiger partial charge in [0.15, 0.2) is 0 Å². The minimum absolute atomic E-state index is 0.0820. The zero-order valence-corrected chi connectivity index (χ0v) is 16.2. The van der Waals surface area contributed by atoms with E-state index in [4.69, 9.17) is 4.74 Å². The van der Waals surface area contributed by atoms with Gasteiger partial charge in [-0.15, -0.1) is 11.3 Å². The molecule has 0 N–H and O–H groups in total. The molecule has 0 spiro atoms. The second-order valence-corrected chi connectivity index (χ2v) is 9.01. The first-order valence-electron chi connectivity index (χ1n) is 7.64. The second-order valence-electron chi connectivity index (χ2n) is 6.58. The Morgan fingerprint density at radius 3 is 2.58 bits per heavy atom. The summed E-state index contributed by atoms with van der Waals surface area (Å²) in [5.74, 6) is 0. The van der Waals surface area contributed by atoms with Crippen LogP contribution in [0.1, 0.15) is 20.8 Å². The number of ether oxygens (including phenoxy) is 1. The molecule has 0 unspecified atom stereocenters. The fraction of sp³-hybridized carbons (Fsp3) is 0.533. The molecule has 0 aliphatic carbocycles. The van der Waals surface area contributed by atoms with Crippen LogP contribution in [0.3, 0.4) is 0 Å². The Hall–Kier alpha value is -1.61. The van der Waals surface area contributed by atoms with Gasteiger partial charge in [0, 0.05) is 13.1 Å². The van der Waals surface area contributed by atoms with Gasteiger partial charge in [0.05, 0.1) is 22.4 Å². The molecule has 1 aliphatic heterocycles. The van der Waals surface area contributed by atoms with Crippen molar-refractivity contribution >= 4 is 43.6 Å². The molecule has 0 aromatic carbocycles. The van der Waals surface area contributed by atoms with E-state index >= 15 is 0 Å². The van der Waals surface area contributed by atoms with Gasteiger partial charge in [-0.3, -0.25) is 4.79 Å². The summed E-state index contributed by atoms with van der Waals surface area (Å²) in [6.45, 7) is 7.67. The number of rotatable bonds is 1. The van der Waals surface area contributed by atoms with Gasteiger partial charge < -0.3 is 14.6 Å². The van der Waals surface area contributed by atoms with Crippen molar-refractivity contribution in [1.29, 1.82) is 0 Å². The third-order valence-corrected chi connectivity index (χ3v) is 5.22. The van der Waals surface area contributed by atoms with E-state index in [2.05, 4.69) is 20.9 Å². The van der Waals surface area contributed by atoms with E-state index in [0.29, 0.717) is 36.4 Å². The number of carbonyl (C=O) groups is 1. The topological polar surface area (TPSA) is 67.7 Å². The van der Waals surface area contributed by atoms with Crippen LogP contribution < -0.4 is 10.6 Å². The SMILES string of the molecule is CC(C)(C)OC(=O)N1CCN(n2cnc3cc(Br)sc3c2=O)CC1. The van der Waals surface area contributed by atoms with Crippen molar-refractivity contribution in [1.82, 2.24) is 14.6 Å². The molecule has 1 fully saturated rings. The standard InChI is InChI=1S/C15H19BrN4O3S/c1-15(2,3)23-14(22)18-4-6-19(7-5-18)20-9-17-10-8-11(16)24-12(10)13(20)21/h8-9H,4-7H2,1-3H3. The van der Waals surface area contributed by atoms with Crippen LogP contribution in [0.2, 0.25) is 0 Å². The first kappa shape index (κ1) is 17.2. The zero-order chi connectivity index (χ0) is 17.5. The Labute approximate surface area is 151 Å². The van der Waals surface area contributed by atoms with E-state index in [1.54, 1.807) is 11.2 Å². The molecule has 3 heterocycles. The lowest BCUT2D eigenvalue weighted by atomic mass is 10.2. The number of carbonyl (C=O) groups excluding carboxylic acids is 1. The van der Waals surface area contributed by atoms with Crippen LogP contribution in [0.15, 0.2) is 21.0 Å². The van der Waals surface area contributed by atoms with Crippen LogP contribution in [0.25, 0.3) is 10.2 Å². The number of amides is 1. The van der Waals surface area contributed by atoms with Gasteiger partial charge in [-0.2, -0.15) is 0 Å². The lowest BCUT2D eigenvalue weighted by Crippen LogP contribution is -2.55. The summed E-state index contributed by atoms with van der Waals surface area (Å²) in [5.41, 5.74) is 0.106. The zero-order valence-electron chi connectivity index (χ0n) is 13.8. The number of halogens is 1. The van der Waals surface area contributed by atoms with Gasteiger partial charge in [-0.1, -0.05) is 0 Å². The van der Waals surface area contributed by atoms with Gasteiger partial charge >= 0.3 is 6.09 Å². The highest BCUT2D eigenvalue weighted by Crippen LogP contribution is 2.25. The van der Waals surface area contributed by atoms with Crippen LogP contribution >= 0.6 is 27.3 Å². The fourth-order valence-corrected chi connectivity index (χ4v) is 3.96. The van der Waals surface area contributed by atoms with Crippen molar-refractivity contribution in [2.24, 2.45) is 0 Å². The molecule has 24 heavy (non-hydrogen) atoms. The summed E-state index contributed by atoms with van der Waals surface area (Å²) in [7, 11) is 0. The van der Waals surface area contributed by atoms with Crippen LogP contribution in [0.4, 0.5) is 4.79 Å². The monoisotopic (exact) mass is 414 g/mol. The van der Waals surface area contributed by atoms with E-state index in [0.717, 1.165) is 3.79 Å². The second kappa shape index (κ2) is 6.36. The maximum Gasteiger partial charge on any atom is 0.410 e. The molecule has 1 aliphatic rings. The van der Waals surface area contributed by atoms with Crippen LogP contribution in [0.5, 0.6) is 0 Å². The highest BCUT2D eigenvalue weighted by atomic mass is 79.9. The summed E-state index contributed by atoms with van der Waals surface area (Å²) in [6.07, 6.45) is 1.23. The molecule has 2 aromatic rings. The Kier molecular flexibility index (Phi) is 4.56. The summed E-state index contributed by atoms with van der Waals surface area (Å²) < 4.78 is 8.43. The van der Waals surface area contributed by atoms with Crippen LogP contribution in [0, 0.1) is 0 Å². The third kappa shape index (κ3) is 3.56. The predicted octanol–water partition coefficient (Wildman–Crippen LogP) is 2.41.